The molecule has 2 unspecified atom stereocenters. The predicted octanol–water partition coefficient (Wildman–Crippen LogP) is 2.98. The molecule has 0 radical (unpaired) electrons. The quantitative estimate of drug-likeness (QED) is 0.878. The van der Waals surface area contributed by atoms with Gasteiger partial charge in [0.1, 0.15) is 5.75 Å². The largest absolute Gasteiger partial charge is 0.508 e. The summed E-state index contributed by atoms with van der Waals surface area (Å²) in [7, 11) is 0. The van der Waals surface area contributed by atoms with Crippen LogP contribution in [0.1, 0.15) is 25.3 Å². The molecule has 2 atom stereocenters. The van der Waals surface area contributed by atoms with Crippen LogP contribution in [0.15, 0.2) is 22.7 Å². The molecule has 86 valence electrons. The van der Waals surface area contributed by atoms with E-state index in [1.165, 1.54) is 0 Å². The van der Waals surface area contributed by atoms with Gasteiger partial charge in [-0.2, -0.15) is 0 Å². The van der Waals surface area contributed by atoms with Crippen molar-refractivity contribution in [3.8, 4) is 5.75 Å². The first-order valence-electron chi connectivity index (χ1n) is 5.07. The van der Waals surface area contributed by atoms with Crippen LogP contribution >= 0.6 is 15.9 Å². The summed E-state index contributed by atoms with van der Waals surface area (Å²) in [6.45, 7) is 3.83. The van der Waals surface area contributed by atoms with E-state index >= 15 is 0 Å². The number of hydrogen-bond acceptors (Lipinski definition) is 2. The highest BCUT2D eigenvalue weighted by atomic mass is 79.9. The molecule has 0 aromatic heterocycles. The molecule has 1 saturated carbocycles. The molecular formula is C12H13BrO3. The third-order valence-corrected chi connectivity index (χ3v) is 3.91. The van der Waals surface area contributed by atoms with Crippen LogP contribution in [0.5, 0.6) is 5.75 Å². The minimum absolute atomic E-state index is 0.109. The molecule has 4 heteroatoms. The molecule has 1 fully saturated rings. The summed E-state index contributed by atoms with van der Waals surface area (Å²) in [6, 6.07) is 5.13. The van der Waals surface area contributed by atoms with E-state index in [4.69, 9.17) is 5.11 Å². The van der Waals surface area contributed by atoms with Gasteiger partial charge in [-0.15, -0.1) is 0 Å². The lowest BCUT2D eigenvalue weighted by atomic mass is 10.0. The van der Waals surface area contributed by atoms with E-state index in [-0.39, 0.29) is 17.1 Å². The van der Waals surface area contributed by atoms with Gasteiger partial charge in [0.15, 0.2) is 0 Å². The van der Waals surface area contributed by atoms with Crippen molar-refractivity contribution in [3.63, 3.8) is 0 Å². The van der Waals surface area contributed by atoms with Crippen LogP contribution in [0.3, 0.4) is 0 Å². The first-order chi connectivity index (χ1) is 7.35. The van der Waals surface area contributed by atoms with Crippen molar-refractivity contribution in [2.24, 2.45) is 11.3 Å². The number of phenolic OH excluding ortho intramolecular Hbond substituents is 1. The Balaban J connectivity index is 2.40. The van der Waals surface area contributed by atoms with Crippen molar-refractivity contribution < 1.29 is 15.0 Å². The summed E-state index contributed by atoms with van der Waals surface area (Å²) in [6.07, 6.45) is 0. The van der Waals surface area contributed by atoms with Crippen LogP contribution in [-0.2, 0) is 4.79 Å². The SMILES string of the molecule is CC1(C)C(C(=O)O)C1c1cc(Br)ccc1O. The van der Waals surface area contributed by atoms with E-state index in [2.05, 4.69) is 15.9 Å². The molecule has 0 saturated heterocycles. The molecule has 2 rings (SSSR count). The second-order valence-corrected chi connectivity index (χ2v) is 5.73. The highest BCUT2D eigenvalue weighted by molar-refractivity contribution is 9.10. The van der Waals surface area contributed by atoms with E-state index in [9.17, 15) is 9.90 Å². The number of aromatic hydroxyl groups is 1. The van der Waals surface area contributed by atoms with Gasteiger partial charge in [-0.1, -0.05) is 29.8 Å². The van der Waals surface area contributed by atoms with E-state index < -0.39 is 11.9 Å². The molecule has 1 aliphatic carbocycles. The molecule has 0 aliphatic heterocycles. The number of halogens is 1. The number of carboxylic acids is 1. The number of carbonyl (C=O) groups is 1. The van der Waals surface area contributed by atoms with Crippen LogP contribution in [0.25, 0.3) is 0 Å². The molecule has 16 heavy (non-hydrogen) atoms. The Bertz CT molecular complexity index is 454. The normalized spacial score (nSPS) is 26.4. The minimum atomic E-state index is -0.797. The monoisotopic (exact) mass is 284 g/mol. The van der Waals surface area contributed by atoms with Crippen molar-refractivity contribution in [2.45, 2.75) is 19.8 Å². The Kier molecular flexibility index (Phi) is 2.49. The molecular weight excluding hydrogens is 272 g/mol. The fourth-order valence-electron chi connectivity index (χ4n) is 2.45. The molecule has 0 heterocycles. The standard InChI is InChI=1S/C12H13BrO3/c1-12(2)9(10(12)11(15)16)7-5-6(13)3-4-8(7)14/h3-5,9-10,14H,1-2H3,(H,15,16). The van der Waals surface area contributed by atoms with Crippen molar-refractivity contribution >= 4 is 21.9 Å². The van der Waals surface area contributed by atoms with Gasteiger partial charge in [0, 0.05) is 10.4 Å². The summed E-state index contributed by atoms with van der Waals surface area (Å²) < 4.78 is 0.854. The van der Waals surface area contributed by atoms with Gasteiger partial charge in [-0.3, -0.25) is 4.79 Å². The zero-order chi connectivity index (χ0) is 12.1. The Morgan fingerprint density at radius 3 is 2.56 bits per heavy atom. The molecule has 0 bridgehead atoms. The summed E-state index contributed by atoms with van der Waals surface area (Å²) in [5, 5.41) is 18.9. The lowest BCUT2D eigenvalue weighted by Crippen LogP contribution is -2.03. The molecule has 0 amide bonds. The number of carboxylic acid groups (broad SMARTS) is 1. The predicted molar refractivity (Wildman–Crippen MR) is 63.5 cm³/mol. The molecule has 1 aromatic rings. The average Bonchev–Trinajstić information content (AvgIpc) is 2.73. The number of hydrogen-bond donors (Lipinski definition) is 2. The van der Waals surface area contributed by atoms with Gasteiger partial charge in [0.2, 0.25) is 0 Å². The van der Waals surface area contributed by atoms with Gasteiger partial charge in [0.05, 0.1) is 5.92 Å². The molecule has 2 N–H and O–H groups in total. The van der Waals surface area contributed by atoms with Crippen molar-refractivity contribution in [1.82, 2.24) is 0 Å². The van der Waals surface area contributed by atoms with E-state index in [1.54, 1.807) is 18.2 Å². The van der Waals surface area contributed by atoms with Crippen molar-refractivity contribution in [3.05, 3.63) is 28.2 Å². The van der Waals surface area contributed by atoms with E-state index in [0.717, 1.165) is 4.47 Å². The summed E-state index contributed by atoms with van der Waals surface area (Å²) in [5.74, 6) is -1.14. The maximum Gasteiger partial charge on any atom is 0.307 e. The fourth-order valence-corrected chi connectivity index (χ4v) is 2.83. The molecule has 1 aromatic carbocycles. The first-order valence-corrected chi connectivity index (χ1v) is 5.86. The number of rotatable bonds is 2. The van der Waals surface area contributed by atoms with Crippen LogP contribution < -0.4 is 0 Å². The maximum absolute atomic E-state index is 11.1. The Morgan fingerprint density at radius 1 is 1.44 bits per heavy atom. The second kappa shape index (κ2) is 3.48. The molecule has 1 aliphatic rings. The lowest BCUT2D eigenvalue weighted by molar-refractivity contribution is -0.139. The van der Waals surface area contributed by atoms with Crippen LogP contribution in [0.2, 0.25) is 0 Å². The highest BCUT2D eigenvalue weighted by Gasteiger charge is 2.63. The van der Waals surface area contributed by atoms with Crippen molar-refractivity contribution in [1.29, 1.82) is 0 Å². The Labute approximate surface area is 102 Å². The third-order valence-electron chi connectivity index (χ3n) is 3.42. The number of aliphatic carboxylic acids is 1. The van der Waals surface area contributed by atoms with E-state index in [1.807, 2.05) is 13.8 Å². The van der Waals surface area contributed by atoms with Gasteiger partial charge in [-0.25, -0.2) is 0 Å². The second-order valence-electron chi connectivity index (χ2n) is 4.82. The lowest BCUT2D eigenvalue weighted by Gasteiger charge is -2.06. The molecule has 3 nitrogen and oxygen atoms in total. The van der Waals surface area contributed by atoms with Crippen molar-refractivity contribution in [2.75, 3.05) is 0 Å². The van der Waals surface area contributed by atoms with Crippen LogP contribution in [0, 0.1) is 11.3 Å². The topological polar surface area (TPSA) is 57.5 Å². The summed E-state index contributed by atoms with van der Waals surface area (Å²) >= 11 is 3.33. The zero-order valence-corrected chi connectivity index (χ0v) is 10.7. The summed E-state index contributed by atoms with van der Waals surface area (Å²) in [5.41, 5.74) is 0.427. The Hall–Kier alpha value is -1.03. The van der Waals surface area contributed by atoms with Gasteiger partial charge >= 0.3 is 5.97 Å². The van der Waals surface area contributed by atoms with Gasteiger partial charge in [-0.05, 0) is 29.2 Å². The van der Waals surface area contributed by atoms with Gasteiger partial charge in [0.25, 0.3) is 0 Å². The summed E-state index contributed by atoms with van der Waals surface area (Å²) in [4.78, 5) is 11.1. The number of phenols is 1. The fraction of sp³-hybridized carbons (Fsp3) is 0.417. The smallest absolute Gasteiger partial charge is 0.307 e. The molecule has 0 spiro atoms. The zero-order valence-electron chi connectivity index (χ0n) is 9.07. The number of benzene rings is 1. The average molecular weight is 285 g/mol. The van der Waals surface area contributed by atoms with Crippen LogP contribution in [-0.4, -0.2) is 16.2 Å². The maximum atomic E-state index is 11.1. The van der Waals surface area contributed by atoms with E-state index in [0.29, 0.717) is 5.56 Å². The van der Waals surface area contributed by atoms with Crippen LogP contribution in [0.4, 0.5) is 0 Å². The highest BCUT2D eigenvalue weighted by Crippen LogP contribution is 2.65. The third kappa shape index (κ3) is 1.61. The Morgan fingerprint density at radius 2 is 2.06 bits per heavy atom. The minimum Gasteiger partial charge on any atom is -0.508 e. The van der Waals surface area contributed by atoms with Gasteiger partial charge < -0.3 is 10.2 Å². The first kappa shape index (κ1) is 11.5.